The molecular formula is C17H16BrNO2. The topological polar surface area (TPSA) is 38.3 Å². The molecule has 0 bridgehead atoms. The molecule has 0 saturated heterocycles. The van der Waals surface area contributed by atoms with Crippen LogP contribution in [0.4, 0.5) is 0 Å². The summed E-state index contributed by atoms with van der Waals surface area (Å²) in [6, 6.07) is 17.7. The molecule has 0 saturated carbocycles. The van der Waals surface area contributed by atoms with E-state index in [0.717, 1.165) is 16.9 Å². The monoisotopic (exact) mass is 345 g/mol. The lowest BCUT2D eigenvalue weighted by molar-refractivity contribution is -0.127. The van der Waals surface area contributed by atoms with Gasteiger partial charge >= 0.3 is 0 Å². The Labute approximate surface area is 132 Å². The van der Waals surface area contributed by atoms with E-state index in [1.54, 1.807) is 0 Å². The molecule has 1 amide bonds. The summed E-state index contributed by atoms with van der Waals surface area (Å²) in [5.74, 6) is 0.743. The van der Waals surface area contributed by atoms with Gasteiger partial charge < -0.3 is 10.1 Å². The molecule has 0 aromatic heterocycles. The van der Waals surface area contributed by atoms with Crippen LogP contribution in [0, 0.1) is 0 Å². The second kappa shape index (κ2) is 6.31. The molecule has 1 heterocycles. The Balaban J connectivity index is 1.67. The number of carbonyl (C=O) groups is 1. The Kier molecular flexibility index (Phi) is 4.25. The summed E-state index contributed by atoms with van der Waals surface area (Å²) in [5.41, 5.74) is 2.17. The molecule has 21 heavy (non-hydrogen) atoms. The van der Waals surface area contributed by atoms with Crippen molar-refractivity contribution in [3.05, 3.63) is 65.7 Å². The highest BCUT2D eigenvalue weighted by Gasteiger charge is 2.30. The van der Waals surface area contributed by atoms with Crippen molar-refractivity contribution in [3.8, 4) is 5.75 Å². The molecule has 1 aliphatic rings. The van der Waals surface area contributed by atoms with Crippen LogP contribution in [-0.2, 0) is 11.2 Å². The minimum absolute atomic E-state index is 0.0500. The average Bonchev–Trinajstić information content (AvgIpc) is 2.97. The minimum atomic E-state index is -0.437. The number of fused-ring (bicyclic) bond motifs is 1. The summed E-state index contributed by atoms with van der Waals surface area (Å²) in [4.78, 5) is 12.4. The van der Waals surface area contributed by atoms with Crippen LogP contribution in [0.1, 0.15) is 17.2 Å². The summed E-state index contributed by atoms with van der Waals surface area (Å²) < 4.78 is 5.72. The third-order valence-corrected chi connectivity index (χ3v) is 4.26. The van der Waals surface area contributed by atoms with Crippen molar-refractivity contribution >= 4 is 21.8 Å². The van der Waals surface area contributed by atoms with Gasteiger partial charge in [0, 0.05) is 11.8 Å². The van der Waals surface area contributed by atoms with E-state index in [4.69, 9.17) is 4.74 Å². The summed E-state index contributed by atoms with van der Waals surface area (Å²) in [7, 11) is 0. The molecule has 3 nitrogen and oxygen atoms in total. The Morgan fingerprint density at radius 1 is 1.19 bits per heavy atom. The Bertz CT molecular complexity index is 605. The zero-order chi connectivity index (χ0) is 14.7. The van der Waals surface area contributed by atoms with Gasteiger partial charge in [0.15, 0.2) is 6.10 Å². The molecule has 2 unspecified atom stereocenters. The lowest BCUT2D eigenvalue weighted by Gasteiger charge is -2.19. The molecule has 4 heteroatoms. The lowest BCUT2D eigenvalue weighted by atomic mass is 10.1. The van der Waals surface area contributed by atoms with Gasteiger partial charge in [-0.25, -0.2) is 0 Å². The Morgan fingerprint density at radius 2 is 1.90 bits per heavy atom. The first-order chi connectivity index (χ1) is 10.3. The van der Waals surface area contributed by atoms with Crippen molar-refractivity contribution in [2.24, 2.45) is 0 Å². The number of para-hydroxylation sites is 1. The predicted molar refractivity (Wildman–Crippen MR) is 85.7 cm³/mol. The van der Waals surface area contributed by atoms with Crippen molar-refractivity contribution in [3.63, 3.8) is 0 Å². The zero-order valence-electron chi connectivity index (χ0n) is 11.5. The number of halogens is 1. The minimum Gasteiger partial charge on any atom is -0.480 e. The van der Waals surface area contributed by atoms with E-state index in [9.17, 15) is 4.79 Å². The van der Waals surface area contributed by atoms with Crippen LogP contribution in [0.3, 0.4) is 0 Å². The maximum absolute atomic E-state index is 12.4. The van der Waals surface area contributed by atoms with Gasteiger partial charge in [0.2, 0.25) is 0 Å². The van der Waals surface area contributed by atoms with Gasteiger partial charge in [-0.2, -0.15) is 0 Å². The van der Waals surface area contributed by atoms with Gasteiger partial charge in [0.05, 0.1) is 6.04 Å². The van der Waals surface area contributed by atoms with Crippen LogP contribution in [-0.4, -0.2) is 17.3 Å². The summed E-state index contributed by atoms with van der Waals surface area (Å²) in [5, 5.41) is 3.72. The smallest absolute Gasteiger partial charge is 0.261 e. The number of rotatable bonds is 4. The molecule has 2 atom stereocenters. The fraction of sp³-hybridized carbons (Fsp3) is 0.235. The van der Waals surface area contributed by atoms with Crippen molar-refractivity contribution in [1.82, 2.24) is 5.32 Å². The molecule has 0 radical (unpaired) electrons. The second-order valence-corrected chi connectivity index (χ2v) is 5.69. The Morgan fingerprint density at radius 3 is 2.62 bits per heavy atom. The molecular weight excluding hydrogens is 330 g/mol. The third-order valence-electron chi connectivity index (χ3n) is 3.61. The van der Waals surface area contributed by atoms with Crippen LogP contribution in [0.15, 0.2) is 54.6 Å². The molecule has 3 rings (SSSR count). The molecule has 2 aromatic rings. The first kappa shape index (κ1) is 14.1. The van der Waals surface area contributed by atoms with Crippen LogP contribution in [0.5, 0.6) is 5.75 Å². The van der Waals surface area contributed by atoms with Gasteiger partial charge in [-0.1, -0.05) is 64.5 Å². The summed E-state index contributed by atoms with van der Waals surface area (Å²) in [6.45, 7) is 0. The Hall–Kier alpha value is -1.81. The fourth-order valence-electron chi connectivity index (χ4n) is 2.49. The molecule has 2 aromatic carbocycles. The largest absolute Gasteiger partial charge is 0.480 e. The van der Waals surface area contributed by atoms with Gasteiger partial charge in [-0.15, -0.1) is 0 Å². The number of hydrogen-bond donors (Lipinski definition) is 1. The third kappa shape index (κ3) is 3.10. The van der Waals surface area contributed by atoms with Gasteiger partial charge in [-0.3, -0.25) is 4.79 Å². The number of hydrogen-bond acceptors (Lipinski definition) is 2. The summed E-state index contributed by atoms with van der Waals surface area (Å²) >= 11 is 3.46. The predicted octanol–water partition coefficient (Wildman–Crippen LogP) is 3.24. The van der Waals surface area contributed by atoms with Crippen molar-refractivity contribution in [2.75, 3.05) is 5.33 Å². The standard InChI is InChI=1S/C17H16BrNO2/c18-11-14(12-6-2-1-3-7-12)19-17(20)16-10-13-8-4-5-9-15(13)21-16/h1-9,14,16H,10-11H2,(H,19,20). The van der Waals surface area contributed by atoms with E-state index in [2.05, 4.69) is 21.2 Å². The highest BCUT2D eigenvalue weighted by atomic mass is 79.9. The number of alkyl halides is 1. The van der Waals surface area contributed by atoms with Crippen LogP contribution >= 0.6 is 15.9 Å². The second-order valence-electron chi connectivity index (χ2n) is 5.04. The molecule has 1 N–H and O–H groups in total. The lowest BCUT2D eigenvalue weighted by Crippen LogP contribution is -2.40. The van der Waals surface area contributed by atoms with E-state index in [0.29, 0.717) is 11.8 Å². The van der Waals surface area contributed by atoms with Crippen molar-refractivity contribution < 1.29 is 9.53 Å². The number of ether oxygens (including phenoxy) is 1. The quantitative estimate of drug-likeness (QED) is 0.864. The van der Waals surface area contributed by atoms with E-state index in [-0.39, 0.29) is 11.9 Å². The number of benzene rings is 2. The van der Waals surface area contributed by atoms with Crippen LogP contribution in [0.2, 0.25) is 0 Å². The molecule has 1 aliphatic heterocycles. The molecule has 0 aliphatic carbocycles. The highest BCUT2D eigenvalue weighted by Crippen LogP contribution is 2.28. The number of nitrogens with one attached hydrogen (secondary N) is 1. The van der Waals surface area contributed by atoms with Crippen LogP contribution < -0.4 is 10.1 Å². The van der Waals surface area contributed by atoms with Gasteiger partial charge in [-0.05, 0) is 17.2 Å². The van der Waals surface area contributed by atoms with Crippen molar-refractivity contribution in [2.45, 2.75) is 18.6 Å². The van der Waals surface area contributed by atoms with E-state index in [1.807, 2.05) is 54.6 Å². The van der Waals surface area contributed by atoms with Gasteiger partial charge in [0.25, 0.3) is 5.91 Å². The van der Waals surface area contributed by atoms with E-state index < -0.39 is 6.10 Å². The first-order valence-corrected chi connectivity index (χ1v) is 8.06. The zero-order valence-corrected chi connectivity index (χ0v) is 13.0. The maximum atomic E-state index is 12.4. The maximum Gasteiger partial charge on any atom is 0.261 e. The SMILES string of the molecule is O=C(NC(CBr)c1ccccc1)C1Cc2ccccc2O1. The normalized spacial score (nSPS) is 17.7. The van der Waals surface area contributed by atoms with Crippen molar-refractivity contribution in [1.29, 1.82) is 0 Å². The first-order valence-electron chi connectivity index (χ1n) is 6.94. The van der Waals surface area contributed by atoms with Gasteiger partial charge in [0.1, 0.15) is 5.75 Å². The average molecular weight is 346 g/mol. The fourth-order valence-corrected chi connectivity index (χ4v) is 3.03. The van der Waals surface area contributed by atoms with E-state index >= 15 is 0 Å². The molecule has 108 valence electrons. The highest BCUT2D eigenvalue weighted by molar-refractivity contribution is 9.09. The van der Waals surface area contributed by atoms with E-state index in [1.165, 1.54) is 0 Å². The molecule has 0 fully saturated rings. The number of amides is 1. The molecule has 0 spiro atoms. The number of carbonyl (C=O) groups excluding carboxylic acids is 1. The van der Waals surface area contributed by atoms with Crippen LogP contribution in [0.25, 0.3) is 0 Å². The summed E-state index contributed by atoms with van der Waals surface area (Å²) in [6.07, 6.45) is 0.193.